The molecule has 2 heterocycles. The van der Waals surface area contributed by atoms with Crippen molar-refractivity contribution in [2.24, 2.45) is 10.7 Å². The van der Waals surface area contributed by atoms with Crippen molar-refractivity contribution < 1.29 is 28.5 Å². The summed E-state index contributed by atoms with van der Waals surface area (Å²) in [5, 5.41) is 2.50. The lowest BCUT2D eigenvalue weighted by Gasteiger charge is -2.10. The molecule has 0 spiro atoms. The lowest BCUT2D eigenvalue weighted by molar-refractivity contribution is -0.119. The molecule has 30 heavy (non-hydrogen) atoms. The van der Waals surface area contributed by atoms with Gasteiger partial charge in [-0.2, -0.15) is 0 Å². The molecule has 1 fully saturated rings. The number of nitrogens with two attached hydrogens (primary N) is 1. The number of nitrogens with one attached hydrogen (secondary N) is 1. The van der Waals surface area contributed by atoms with Crippen LogP contribution in [0, 0.1) is 0 Å². The largest absolute Gasteiger partial charge is 0.493 e. The molecule has 2 amide bonds. The highest BCUT2D eigenvalue weighted by atomic mass is 32.2. The van der Waals surface area contributed by atoms with E-state index in [4.69, 9.17) is 24.7 Å². The van der Waals surface area contributed by atoms with Gasteiger partial charge in [0.2, 0.25) is 6.79 Å². The first-order valence-electron chi connectivity index (χ1n) is 8.80. The second-order valence-electron chi connectivity index (χ2n) is 6.19. The summed E-state index contributed by atoms with van der Waals surface area (Å²) in [5.41, 5.74) is 6.49. The number of fused-ring (bicyclic) bond motifs is 1. The van der Waals surface area contributed by atoms with Crippen molar-refractivity contribution in [3.05, 3.63) is 46.9 Å². The molecule has 0 aliphatic carbocycles. The Hall–Kier alpha value is -3.66. The summed E-state index contributed by atoms with van der Waals surface area (Å²) in [6.45, 7) is -0.104. The molecule has 0 atom stereocenters. The number of aliphatic imine (C=N–C) groups is 1. The number of carbonyl (C=O) groups excluding carboxylic acids is 2. The van der Waals surface area contributed by atoms with Crippen LogP contribution in [0.5, 0.6) is 23.0 Å². The fourth-order valence-electron chi connectivity index (χ4n) is 2.79. The molecule has 0 saturated carbocycles. The van der Waals surface area contributed by atoms with Gasteiger partial charge in [0.1, 0.15) is 5.84 Å². The third kappa shape index (κ3) is 4.33. The molecule has 2 aromatic rings. The van der Waals surface area contributed by atoms with Gasteiger partial charge in [0.25, 0.3) is 11.1 Å². The Morgan fingerprint density at radius 1 is 1.23 bits per heavy atom. The number of hydrogen-bond donors (Lipinski definition) is 2. The van der Waals surface area contributed by atoms with E-state index in [0.29, 0.717) is 39.4 Å². The Bertz CT molecular complexity index is 1080. The molecular weight excluding hydrogens is 410 g/mol. The summed E-state index contributed by atoms with van der Waals surface area (Å²) in [4.78, 5) is 28.1. The molecule has 3 N–H and O–H groups in total. The van der Waals surface area contributed by atoms with Crippen LogP contribution < -0.4 is 30.0 Å². The van der Waals surface area contributed by atoms with Crippen LogP contribution in [0.15, 0.2) is 46.3 Å². The van der Waals surface area contributed by atoms with E-state index in [1.165, 1.54) is 7.11 Å². The molecule has 0 unspecified atom stereocenters. The molecule has 2 aliphatic heterocycles. The van der Waals surface area contributed by atoms with E-state index < -0.39 is 5.91 Å². The van der Waals surface area contributed by atoms with Crippen LogP contribution in [0.1, 0.15) is 5.56 Å². The maximum absolute atomic E-state index is 12.0. The number of amidine groups is 1. The van der Waals surface area contributed by atoms with Crippen molar-refractivity contribution in [3.8, 4) is 23.0 Å². The fraction of sp³-hybridized carbons (Fsp3) is 0.150. The number of benzene rings is 2. The molecule has 0 bridgehead atoms. The molecule has 10 heteroatoms. The van der Waals surface area contributed by atoms with E-state index in [1.807, 2.05) is 0 Å². The second-order valence-corrected chi connectivity index (χ2v) is 7.20. The van der Waals surface area contributed by atoms with Gasteiger partial charge in [0.05, 0.1) is 17.7 Å². The average Bonchev–Trinajstić information content (AvgIpc) is 3.32. The number of carbonyl (C=O) groups is 2. The lowest BCUT2D eigenvalue weighted by Crippen LogP contribution is -2.20. The highest BCUT2D eigenvalue weighted by Gasteiger charge is 2.24. The monoisotopic (exact) mass is 427 g/mol. The Balaban J connectivity index is 1.63. The zero-order valence-electron chi connectivity index (χ0n) is 15.8. The van der Waals surface area contributed by atoms with Crippen molar-refractivity contribution in [3.63, 3.8) is 0 Å². The van der Waals surface area contributed by atoms with Gasteiger partial charge in [-0.3, -0.25) is 9.59 Å². The molecule has 1 saturated heterocycles. The van der Waals surface area contributed by atoms with Crippen LogP contribution in [-0.2, 0) is 4.79 Å². The van der Waals surface area contributed by atoms with E-state index in [0.717, 1.165) is 17.3 Å². The van der Waals surface area contributed by atoms with Crippen LogP contribution >= 0.6 is 11.8 Å². The minimum atomic E-state index is -0.597. The van der Waals surface area contributed by atoms with E-state index in [-0.39, 0.29) is 18.6 Å². The van der Waals surface area contributed by atoms with Crippen molar-refractivity contribution in [2.75, 3.05) is 20.5 Å². The zero-order chi connectivity index (χ0) is 21.1. The fourth-order valence-corrected chi connectivity index (χ4v) is 3.53. The van der Waals surface area contributed by atoms with Gasteiger partial charge in [0, 0.05) is 6.07 Å². The molecule has 9 nitrogen and oxygen atoms in total. The number of amides is 2. The number of hydrogen-bond acceptors (Lipinski definition) is 8. The first-order chi connectivity index (χ1) is 14.5. The Kier molecular flexibility index (Phi) is 5.48. The first kappa shape index (κ1) is 19.6. The van der Waals surface area contributed by atoms with Gasteiger partial charge >= 0.3 is 0 Å². The summed E-state index contributed by atoms with van der Waals surface area (Å²) < 4.78 is 21.3. The number of rotatable bonds is 6. The predicted molar refractivity (Wildman–Crippen MR) is 111 cm³/mol. The van der Waals surface area contributed by atoms with E-state index >= 15 is 0 Å². The standard InChI is InChI=1S/C20H17N3O6S/c1-26-13-4-2-11(6-15(13)27-9-18(21)24)7-17-19(23-20(25)30-17)22-12-3-5-14-16(8-12)29-10-28-14/h2-8H,9-10H2,1H3,(H2,21,24)(H,22,23,25). The highest BCUT2D eigenvalue weighted by molar-refractivity contribution is 8.18. The number of nitrogens with zero attached hydrogens (tertiary/aromatic N) is 1. The first-order valence-corrected chi connectivity index (χ1v) is 9.62. The van der Waals surface area contributed by atoms with Gasteiger partial charge in [0.15, 0.2) is 29.6 Å². The van der Waals surface area contributed by atoms with Crippen molar-refractivity contribution in [1.29, 1.82) is 0 Å². The molecule has 154 valence electrons. The lowest BCUT2D eigenvalue weighted by atomic mass is 10.2. The Morgan fingerprint density at radius 3 is 2.87 bits per heavy atom. The third-order valence-corrected chi connectivity index (χ3v) is 4.93. The minimum absolute atomic E-state index is 0.171. The van der Waals surface area contributed by atoms with Gasteiger partial charge in [-0.15, -0.1) is 0 Å². The van der Waals surface area contributed by atoms with Gasteiger partial charge in [-0.1, -0.05) is 6.07 Å². The number of thioether (sulfide) groups is 1. The maximum Gasteiger partial charge on any atom is 0.289 e. The second kappa shape index (κ2) is 8.37. The van der Waals surface area contributed by atoms with Gasteiger partial charge < -0.3 is 30.0 Å². The SMILES string of the molecule is COc1ccc(C=C2SC(=O)NC2=Nc2ccc3c(c2)OCO3)cc1OCC(N)=O. The zero-order valence-corrected chi connectivity index (χ0v) is 16.7. The molecule has 0 radical (unpaired) electrons. The number of methoxy groups -OCH3 is 1. The minimum Gasteiger partial charge on any atom is -0.493 e. The normalized spacial score (nSPS) is 17.3. The van der Waals surface area contributed by atoms with Crippen LogP contribution in [-0.4, -0.2) is 37.5 Å². The molecule has 2 aliphatic rings. The number of ether oxygens (including phenoxy) is 4. The van der Waals surface area contributed by atoms with Gasteiger partial charge in [-0.05, 0) is 47.7 Å². The summed E-state index contributed by atoms with van der Waals surface area (Å²) in [5.74, 6) is 1.90. The maximum atomic E-state index is 12.0. The topological polar surface area (TPSA) is 121 Å². The van der Waals surface area contributed by atoms with Crippen LogP contribution in [0.3, 0.4) is 0 Å². The van der Waals surface area contributed by atoms with Crippen molar-refractivity contribution in [2.45, 2.75) is 0 Å². The summed E-state index contributed by atoms with van der Waals surface area (Å²) in [6.07, 6.45) is 1.78. The predicted octanol–water partition coefficient (Wildman–Crippen LogP) is 2.82. The smallest absolute Gasteiger partial charge is 0.289 e. The molecule has 0 aromatic heterocycles. The summed E-state index contributed by atoms with van der Waals surface area (Å²) in [7, 11) is 1.50. The highest BCUT2D eigenvalue weighted by Crippen LogP contribution is 2.37. The van der Waals surface area contributed by atoms with Crippen LogP contribution in [0.4, 0.5) is 10.5 Å². The third-order valence-electron chi connectivity index (χ3n) is 4.11. The molecular formula is C20H17N3O6S. The summed E-state index contributed by atoms with van der Waals surface area (Å²) in [6, 6.07) is 10.5. The van der Waals surface area contributed by atoms with Crippen LogP contribution in [0.25, 0.3) is 6.08 Å². The van der Waals surface area contributed by atoms with Crippen molar-refractivity contribution in [1.82, 2.24) is 5.32 Å². The van der Waals surface area contributed by atoms with Crippen LogP contribution in [0.2, 0.25) is 0 Å². The summed E-state index contributed by atoms with van der Waals surface area (Å²) >= 11 is 1.03. The quantitative estimate of drug-likeness (QED) is 0.727. The van der Waals surface area contributed by atoms with E-state index in [9.17, 15) is 9.59 Å². The van der Waals surface area contributed by atoms with E-state index in [2.05, 4.69) is 10.3 Å². The Labute approximate surface area is 175 Å². The molecule has 4 rings (SSSR count). The van der Waals surface area contributed by atoms with Gasteiger partial charge in [-0.25, -0.2) is 4.99 Å². The molecule has 2 aromatic carbocycles. The van der Waals surface area contributed by atoms with Crippen molar-refractivity contribution >= 4 is 40.5 Å². The average molecular weight is 427 g/mol. The Morgan fingerprint density at radius 2 is 2.07 bits per heavy atom. The van der Waals surface area contributed by atoms with E-state index in [1.54, 1.807) is 42.5 Å². The number of primary amides is 1.